The third-order valence-electron chi connectivity index (χ3n) is 2.55. The number of aliphatic hydroxyl groups excluding tert-OH is 2. The van der Waals surface area contributed by atoms with Crippen LogP contribution in [0.5, 0.6) is 5.75 Å². The summed E-state index contributed by atoms with van der Waals surface area (Å²) >= 11 is 0. The molecular weight excluding hydrogens is 236 g/mol. The molecule has 0 aliphatic rings. The van der Waals surface area contributed by atoms with E-state index >= 15 is 0 Å². The number of carbonyl (C=O) groups excluding carboxylic acids is 1. The molecule has 0 aliphatic heterocycles. The van der Waals surface area contributed by atoms with Crippen LogP contribution in [0.3, 0.4) is 0 Å². The highest BCUT2D eigenvalue weighted by molar-refractivity contribution is 5.72. The van der Waals surface area contributed by atoms with Crippen LogP contribution < -0.4 is 11.1 Å². The number of nitrogen functional groups attached to an aromatic ring is 1. The van der Waals surface area contributed by atoms with E-state index < -0.39 is 12.2 Å². The summed E-state index contributed by atoms with van der Waals surface area (Å²) in [6.07, 6.45) is -2.17. The van der Waals surface area contributed by atoms with E-state index in [2.05, 4.69) is 5.32 Å². The second-order valence-corrected chi connectivity index (χ2v) is 4.10. The molecule has 1 amide bonds. The number of amides is 1. The molecule has 0 heterocycles. The van der Waals surface area contributed by atoms with Crippen molar-refractivity contribution in [3.05, 3.63) is 23.8 Å². The lowest BCUT2D eigenvalue weighted by molar-refractivity contribution is -0.119. The van der Waals surface area contributed by atoms with E-state index in [4.69, 9.17) is 5.73 Å². The fraction of sp³-hybridized carbons (Fsp3) is 0.417. The van der Waals surface area contributed by atoms with Gasteiger partial charge in [0.2, 0.25) is 5.91 Å². The van der Waals surface area contributed by atoms with Gasteiger partial charge in [0.05, 0.1) is 6.10 Å². The highest BCUT2D eigenvalue weighted by atomic mass is 16.3. The number of nitrogens with one attached hydrogen (secondary N) is 1. The van der Waals surface area contributed by atoms with Crippen molar-refractivity contribution in [1.29, 1.82) is 0 Å². The summed E-state index contributed by atoms with van der Waals surface area (Å²) in [5.74, 6) is -0.334. The second kappa shape index (κ2) is 6.23. The standard InChI is InChI=1S/C12H18N2O4/c1-7(15)14-5-4-11(17)12(18)9-6-8(13)2-3-10(9)16/h2-3,6,11-12,16-18H,4-5,13H2,1H3,(H,14,15). The molecule has 0 spiro atoms. The Hall–Kier alpha value is -1.79. The number of benzene rings is 1. The number of carbonyl (C=O) groups is 1. The van der Waals surface area contributed by atoms with Gasteiger partial charge in [0.1, 0.15) is 11.9 Å². The molecule has 0 saturated heterocycles. The van der Waals surface area contributed by atoms with E-state index in [0.29, 0.717) is 5.69 Å². The molecule has 0 aromatic heterocycles. The molecule has 18 heavy (non-hydrogen) atoms. The van der Waals surface area contributed by atoms with Crippen molar-refractivity contribution in [3.8, 4) is 5.75 Å². The van der Waals surface area contributed by atoms with E-state index in [1.54, 1.807) is 0 Å². The van der Waals surface area contributed by atoms with Crippen LogP contribution in [-0.4, -0.2) is 33.9 Å². The van der Waals surface area contributed by atoms with Gasteiger partial charge in [0.25, 0.3) is 0 Å². The fourth-order valence-corrected chi connectivity index (χ4v) is 1.57. The third-order valence-corrected chi connectivity index (χ3v) is 2.55. The zero-order chi connectivity index (χ0) is 13.7. The minimum atomic E-state index is -1.25. The molecular formula is C12H18N2O4. The number of anilines is 1. The molecule has 0 saturated carbocycles. The SMILES string of the molecule is CC(=O)NCCC(O)C(O)c1cc(N)ccc1O. The van der Waals surface area contributed by atoms with E-state index in [1.165, 1.54) is 25.1 Å². The molecule has 1 aromatic rings. The minimum absolute atomic E-state index is 0.129. The summed E-state index contributed by atoms with van der Waals surface area (Å²) < 4.78 is 0. The van der Waals surface area contributed by atoms with Gasteiger partial charge in [-0.1, -0.05) is 0 Å². The van der Waals surface area contributed by atoms with Crippen molar-refractivity contribution in [2.24, 2.45) is 0 Å². The van der Waals surface area contributed by atoms with Crippen molar-refractivity contribution >= 4 is 11.6 Å². The maximum atomic E-state index is 10.7. The first-order chi connectivity index (χ1) is 8.41. The normalized spacial score (nSPS) is 13.9. The van der Waals surface area contributed by atoms with Crippen LogP contribution in [0, 0.1) is 0 Å². The summed E-state index contributed by atoms with van der Waals surface area (Å²) in [7, 11) is 0. The van der Waals surface area contributed by atoms with Gasteiger partial charge >= 0.3 is 0 Å². The van der Waals surface area contributed by atoms with Gasteiger partial charge in [-0.05, 0) is 24.6 Å². The van der Waals surface area contributed by atoms with Gasteiger partial charge in [-0.3, -0.25) is 4.79 Å². The lowest BCUT2D eigenvalue weighted by atomic mass is 10.0. The number of phenolic OH excluding ortho intramolecular Hbond substituents is 1. The maximum absolute atomic E-state index is 10.7. The highest BCUT2D eigenvalue weighted by Gasteiger charge is 2.21. The van der Waals surface area contributed by atoms with Gasteiger partial charge in [-0.25, -0.2) is 0 Å². The molecule has 6 heteroatoms. The third kappa shape index (κ3) is 3.90. The van der Waals surface area contributed by atoms with Crippen LogP contribution in [0.2, 0.25) is 0 Å². The van der Waals surface area contributed by atoms with Crippen molar-refractivity contribution < 1.29 is 20.1 Å². The summed E-state index contributed by atoms with van der Waals surface area (Å²) in [6.45, 7) is 1.61. The average Bonchev–Trinajstić information content (AvgIpc) is 2.30. The van der Waals surface area contributed by atoms with Gasteiger partial charge in [0.15, 0.2) is 0 Å². The molecule has 0 bridgehead atoms. The monoisotopic (exact) mass is 254 g/mol. The Morgan fingerprint density at radius 2 is 2.11 bits per heavy atom. The molecule has 100 valence electrons. The Bertz CT molecular complexity index is 423. The molecule has 2 unspecified atom stereocenters. The second-order valence-electron chi connectivity index (χ2n) is 4.10. The van der Waals surface area contributed by atoms with Gasteiger partial charge in [0, 0.05) is 24.7 Å². The Kier molecular flexibility index (Phi) is 4.94. The summed E-state index contributed by atoms with van der Waals surface area (Å²) in [5, 5.41) is 31.7. The van der Waals surface area contributed by atoms with Crippen molar-refractivity contribution in [2.75, 3.05) is 12.3 Å². The first-order valence-corrected chi connectivity index (χ1v) is 5.60. The van der Waals surface area contributed by atoms with Crippen LogP contribution in [0.25, 0.3) is 0 Å². The van der Waals surface area contributed by atoms with Crippen molar-refractivity contribution in [2.45, 2.75) is 25.6 Å². The molecule has 1 aromatic carbocycles. The highest BCUT2D eigenvalue weighted by Crippen LogP contribution is 2.29. The largest absolute Gasteiger partial charge is 0.508 e. The lowest BCUT2D eigenvalue weighted by Gasteiger charge is -2.19. The number of hydrogen-bond acceptors (Lipinski definition) is 5. The zero-order valence-electron chi connectivity index (χ0n) is 10.1. The first-order valence-electron chi connectivity index (χ1n) is 5.60. The fourth-order valence-electron chi connectivity index (χ4n) is 1.57. The molecule has 2 atom stereocenters. The van der Waals surface area contributed by atoms with E-state index in [9.17, 15) is 20.1 Å². The molecule has 0 aliphatic carbocycles. The van der Waals surface area contributed by atoms with Crippen LogP contribution in [-0.2, 0) is 4.79 Å². The first kappa shape index (κ1) is 14.3. The number of hydrogen-bond donors (Lipinski definition) is 5. The average molecular weight is 254 g/mol. The van der Waals surface area contributed by atoms with Crippen molar-refractivity contribution in [3.63, 3.8) is 0 Å². The van der Waals surface area contributed by atoms with Crippen LogP contribution >= 0.6 is 0 Å². The van der Waals surface area contributed by atoms with Gasteiger partial charge < -0.3 is 26.4 Å². The topological polar surface area (TPSA) is 116 Å². The molecule has 0 fully saturated rings. The molecule has 1 rings (SSSR count). The number of nitrogens with two attached hydrogens (primary N) is 1. The summed E-state index contributed by atoms with van der Waals surface area (Å²) in [4.78, 5) is 10.7. The Balaban J connectivity index is 2.64. The predicted molar refractivity (Wildman–Crippen MR) is 66.8 cm³/mol. The molecule has 6 nitrogen and oxygen atoms in total. The summed E-state index contributed by atoms with van der Waals surface area (Å²) in [5.41, 5.74) is 6.10. The van der Waals surface area contributed by atoms with Gasteiger partial charge in [-0.2, -0.15) is 0 Å². The smallest absolute Gasteiger partial charge is 0.216 e. The number of phenols is 1. The predicted octanol–water partition coefficient (Wildman–Crippen LogP) is -0.105. The number of aliphatic hydroxyl groups is 2. The van der Waals surface area contributed by atoms with Crippen LogP contribution in [0.15, 0.2) is 18.2 Å². The Morgan fingerprint density at radius 1 is 1.44 bits per heavy atom. The minimum Gasteiger partial charge on any atom is -0.508 e. The number of rotatable bonds is 5. The maximum Gasteiger partial charge on any atom is 0.216 e. The van der Waals surface area contributed by atoms with E-state index in [0.717, 1.165) is 0 Å². The molecule has 0 radical (unpaired) electrons. The quantitative estimate of drug-likeness (QED) is 0.371. The van der Waals surface area contributed by atoms with Gasteiger partial charge in [-0.15, -0.1) is 0 Å². The van der Waals surface area contributed by atoms with E-state index in [-0.39, 0.29) is 30.2 Å². The lowest BCUT2D eigenvalue weighted by Crippen LogP contribution is -2.27. The van der Waals surface area contributed by atoms with Crippen molar-refractivity contribution in [1.82, 2.24) is 5.32 Å². The zero-order valence-corrected chi connectivity index (χ0v) is 10.1. The molecule has 6 N–H and O–H groups in total. The Morgan fingerprint density at radius 3 is 2.72 bits per heavy atom. The number of aromatic hydroxyl groups is 1. The van der Waals surface area contributed by atoms with E-state index in [1.807, 2.05) is 0 Å². The summed E-state index contributed by atoms with van der Waals surface area (Å²) in [6, 6.07) is 4.26. The Labute approximate surface area is 105 Å². The van der Waals surface area contributed by atoms with Crippen LogP contribution in [0.4, 0.5) is 5.69 Å². The van der Waals surface area contributed by atoms with Crippen LogP contribution in [0.1, 0.15) is 25.0 Å².